The molecular formula is C32H37NO8S. The highest BCUT2D eigenvalue weighted by atomic mass is 32.1. The molecule has 0 aliphatic rings. The number of aryl methyl sites for hydroxylation is 1. The van der Waals surface area contributed by atoms with Gasteiger partial charge in [0.1, 0.15) is 18.1 Å². The van der Waals surface area contributed by atoms with Gasteiger partial charge in [-0.15, -0.1) is 11.3 Å². The Morgan fingerprint density at radius 3 is 1.88 bits per heavy atom. The molecule has 0 fully saturated rings. The van der Waals surface area contributed by atoms with Gasteiger partial charge in [0.05, 0.1) is 13.2 Å². The Morgan fingerprint density at radius 2 is 1.31 bits per heavy atom. The summed E-state index contributed by atoms with van der Waals surface area (Å²) in [6.45, 7) is 4.06. The first-order valence-corrected chi connectivity index (χ1v) is 14.8. The molecule has 3 rings (SSSR count). The van der Waals surface area contributed by atoms with Crippen LogP contribution in [0.4, 0.5) is 4.79 Å². The predicted octanol–water partition coefficient (Wildman–Crippen LogP) is 5.71. The highest BCUT2D eigenvalue weighted by Gasteiger charge is 2.32. The summed E-state index contributed by atoms with van der Waals surface area (Å²) in [6, 6.07) is 22.3. The van der Waals surface area contributed by atoms with Crippen LogP contribution in [0.5, 0.6) is 0 Å². The van der Waals surface area contributed by atoms with Gasteiger partial charge < -0.3 is 24.3 Å². The molecule has 1 amide bonds. The molecule has 9 nitrogen and oxygen atoms in total. The van der Waals surface area contributed by atoms with Crippen LogP contribution in [0.25, 0.3) is 0 Å². The Morgan fingerprint density at radius 1 is 0.738 bits per heavy atom. The second-order valence-corrected chi connectivity index (χ2v) is 10.6. The molecule has 2 aromatic carbocycles. The SMILES string of the molecule is CCOC(=O)C(C[C@@H](CCc1ccc(C(=O)OCc2ccccc2)s1)CNC(=O)OCc1ccccc1)C(=O)OCC. The summed E-state index contributed by atoms with van der Waals surface area (Å²) >= 11 is 1.33. The standard InChI is InChI=1S/C32H37NO8S/c1-3-38-29(34)27(30(35)39-4-2)19-25(20-33-32(37)41-22-24-13-9-6-10-14-24)15-16-26-17-18-28(42-26)31(36)40-21-23-11-7-5-8-12-23/h5-14,17-18,25,27H,3-4,15-16,19-22H2,1-2H3,(H,33,37)/t25-/m1/s1. The van der Waals surface area contributed by atoms with Crippen molar-refractivity contribution in [3.8, 4) is 0 Å². The first-order chi connectivity index (χ1) is 20.4. The minimum atomic E-state index is -1.12. The minimum absolute atomic E-state index is 0.115. The fraction of sp³-hybridized carbons (Fsp3) is 0.375. The number of hydrogen-bond donors (Lipinski definition) is 1. The van der Waals surface area contributed by atoms with Crippen LogP contribution in [0.15, 0.2) is 72.8 Å². The largest absolute Gasteiger partial charge is 0.465 e. The number of ether oxygens (including phenoxy) is 4. The van der Waals surface area contributed by atoms with Crippen LogP contribution in [0.3, 0.4) is 0 Å². The van der Waals surface area contributed by atoms with E-state index in [4.69, 9.17) is 18.9 Å². The first kappa shape index (κ1) is 32.3. The van der Waals surface area contributed by atoms with Crippen LogP contribution in [-0.2, 0) is 48.2 Å². The van der Waals surface area contributed by atoms with Gasteiger partial charge in [-0.05, 0) is 62.3 Å². The highest BCUT2D eigenvalue weighted by Crippen LogP contribution is 2.25. The summed E-state index contributed by atoms with van der Waals surface area (Å²) < 4.78 is 21.0. The molecule has 0 radical (unpaired) electrons. The van der Waals surface area contributed by atoms with Crippen molar-refractivity contribution < 1.29 is 38.1 Å². The third-order valence-electron chi connectivity index (χ3n) is 6.33. The van der Waals surface area contributed by atoms with Gasteiger partial charge in [0.15, 0.2) is 5.92 Å². The summed E-state index contributed by atoms with van der Waals surface area (Å²) in [7, 11) is 0. The molecule has 1 atom stereocenters. The maximum atomic E-state index is 12.6. The van der Waals surface area contributed by atoms with Gasteiger partial charge in [0, 0.05) is 11.4 Å². The maximum absolute atomic E-state index is 12.6. The zero-order valence-electron chi connectivity index (χ0n) is 23.9. The van der Waals surface area contributed by atoms with Crippen LogP contribution >= 0.6 is 11.3 Å². The van der Waals surface area contributed by atoms with Crippen molar-refractivity contribution in [2.24, 2.45) is 11.8 Å². The Kier molecular flexibility index (Phi) is 13.5. The zero-order valence-corrected chi connectivity index (χ0v) is 24.7. The van der Waals surface area contributed by atoms with Gasteiger partial charge in [0.25, 0.3) is 0 Å². The summed E-state index contributed by atoms with van der Waals surface area (Å²) in [5.74, 6) is -3.13. The molecule has 0 saturated heterocycles. The first-order valence-electron chi connectivity index (χ1n) is 14.0. The van der Waals surface area contributed by atoms with E-state index >= 15 is 0 Å². The lowest BCUT2D eigenvalue weighted by atomic mass is 9.90. The average Bonchev–Trinajstić information content (AvgIpc) is 3.49. The molecule has 0 saturated carbocycles. The van der Waals surface area contributed by atoms with E-state index in [0.29, 0.717) is 17.7 Å². The Balaban J connectivity index is 1.62. The van der Waals surface area contributed by atoms with Gasteiger partial charge in [-0.2, -0.15) is 0 Å². The normalized spacial score (nSPS) is 11.4. The summed E-state index contributed by atoms with van der Waals surface area (Å²) in [5, 5.41) is 2.76. The van der Waals surface area contributed by atoms with Crippen molar-refractivity contribution >= 4 is 35.3 Å². The summed E-state index contributed by atoms with van der Waals surface area (Å²) in [6.07, 6.45) is 0.592. The van der Waals surface area contributed by atoms with Crippen LogP contribution in [0.2, 0.25) is 0 Å². The van der Waals surface area contributed by atoms with E-state index in [9.17, 15) is 19.2 Å². The maximum Gasteiger partial charge on any atom is 0.407 e. The number of alkyl carbamates (subject to hydrolysis) is 1. The molecule has 3 aromatic rings. The number of carbonyl (C=O) groups is 4. The summed E-state index contributed by atoms with van der Waals surface area (Å²) in [5.41, 5.74) is 1.75. The second kappa shape index (κ2) is 17.6. The molecule has 10 heteroatoms. The van der Waals surface area contributed by atoms with E-state index in [1.165, 1.54) is 11.3 Å². The van der Waals surface area contributed by atoms with Crippen molar-refractivity contribution in [3.63, 3.8) is 0 Å². The Bertz CT molecular complexity index is 1260. The quantitative estimate of drug-likeness (QED) is 0.127. The number of amides is 1. The van der Waals surface area contributed by atoms with E-state index < -0.39 is 29.9 Å². The molecule has 0 bridgehead atoms. The third kappa shape index (κ3) is 11.0. The van der Waals surface area contributed by atoms with E-state index in [0.717, 1.165) is 16.0 Å². The number of thiophene rings is 1. The fourth-order valence-electron chi connectivity index (χ4n) is 4.18. The van der Waals surface area contributed by atoms with Crippen molar-refractivity contribution in [1.82, 2.24) is 5.32 Å². The summed E-state index contributed by atoms with van der Waals surface area (Å²) in [4.78, 5) is 51.6. The zero-order chi connectivity index (χ0) is 30.2. The monoisotopic (exact) mass is 595 g/mol. The van der Waals surface area contributed by atoms with Crippen LogP contribution in [0.1, 0.15) is 52.4 Å². The molecule has 0 aliphatic heterocycles. The van der Waals surface area contributed by atoms with Crippen molar-refractivity contribution in [3.05, 3.63) is 93.7 Å². The van der Waals surface area contributed by atoms with Crippen LogP contribution in [0, 0.1) is 11.8 Å². The van der Waals surface area contributed by atoms with Gasteiger partial charge in [-0.25, -0.2) is 9.59 Å². The van der Waals surface area contributed by atoms with Crippen LogP contribution < -0.4 is 5.32 Å². The lowest BCUT2D eigenvalue weighted by Crippen LogP contribution is -2.35. The third-order valence-corrected chi connectivity index (χ3v) is 7.46. The van der Waals surface area contributed by atoms with E-state index in [1.807, 2.05) is 66.7 Å². The molecule has 0 spiro atoms. The predicted molar refractivity (Wildman–Crippen MR) is 158 cm³/mol. The van der Waals surface area contributed by atoms with E-state index in [2.05, 4.69) is 5.32 Å². The molecular weight excluding hydrogens is 558 g/mol. The number of nitrogens with one attached hydrogen (secondary N) is 1. The Hall–Kier alpha value is -4.18. The smallest absolute Gasteiger partial charge is 0.407 e. The number of rotatable bonds is 16. The Labute approximate surface area is 250 Å². The van der Waals surface area contributed by atoms with E-state index in [1.54, 1.807) is 19.9 Å². The highest BCUT2D eigenvalue weighted by molar-refractivity contribution is 7.13. The molecule has 42 heavy (non-hydrogen) atoms. The van der Waals surface area contributed by atoms with Crippen LogP contribution in [-0.4, -0.2) is 43.8 Å². The molecule has 0 aliphatic carbocycles. The minimum Gasteiger partial charge on any atom is -0.465 e. The lowest BCUT2D eigenvalue weighted by molar-refractivity contribution is -0.162. The van der Waals surface area contributed by atoms with Gasteiger partial charge >= 0.3 is 24.0 Å². The number of esters is 3. The molecule has 224 valence electrons. The number of hydrogen-bond acceptors (Lipinski definition) is 9. The van der Waals surface area contributed by atoms with Gasteiger partial charge in [-0.1, -0.05) is 60.7 Å². The van der Waals surface area contributed by atoms with Crippen molar-refractivity contribution in [1.29, 1.82) is 0 Å². The number of benzene rings is 2. The second-order valence-electron chi connectivity index (χ2n) is 9.47. The lowest BCUT2D eigenvalue weighted by Gasteiger charge is -2.22. The molecule has 0 unspecified atom stereocenters. The number of carbonyl (C=O) groups excluding carboxylic acids is 4. The molecule has 1 heterocycles. The molecule has 1 N–H and O–H groups in total. The average molecular weight is 596 g/mol. The fourth-order valence-corrected chi connectivity index (χ4v) is 5.09. The van der Waals surface area contributed by atoms with Gasteiger partial charge in [-0.3, -0.25) is 9.59 Å². The van der Waals surface area contributed by atoms with Crippen molar-refractivity contribution in [2.75, 3.05) is 19.8 Å². The van der Waals surface area contributed by atoms with Crippen molar-refractivity contribution in [2.45, 2.75) is 46.3 Å². The van der Waals surface area contributed by atoms with E-state index in [-0.39, 0.29) is 45.3 Å². The van der Waals surface area contributed by atoms with Gasteiger partial charge in [0.2, 0.25) is 0 Å². The topological polar surface area (TPSA) is 117 Å². The molecule has 1 aromatic heterocycles.